The highest BCUT2D eigenvalue weighted by molar-refractivity contribution is 6.20. The summed E-state index contributed by atoms with van der Waals surface area (Å²) in [6.45, 7) is 10.9. The topological polar surface area (TPSA) is 36.7 Å². The number of rotatable bonds is 8. The van der Waals surface area contributed by atoms with Gasteiger partial charge in [0.25, 0.3) is 0 Å². The fourth-order valence-corrected chi connectivity index (χ4v) is 3.31. The van der Waals surface area contributed by atoms with Crippen molar-refractivity contribution in [2.45, 2.75) is 70.6 Å². The molecule has 118 valence electrons. The highest BCUT2D eigenvalue weighted by atomic mass is 35.5. The van der Waals surface area contributed by atoms with Crippen LogP contribution in [-0.2, 0) is 5.41 Å². The molecule has 1 aromatic heterocycles. The van der Waals surface area contributed by atoms with E-state index in [2.05, 4.69) is 45.7 Å². The Bertz CT molecular complexity index is 456. The summed E-state index contributed by atoms with van der Waals surface area (Å²) in [7, 11) is 0. The summed E-state index contributed by atoms with van der Waals surface area (Å²) in [6.07, 6.45) is 6.30. The molecule has 0 radical (unpaired) electrons. The third-order valence-electron chi connectivity index (χ3n) is 4.20. The molecule has 0 aliphatic heterocycles. The molecule has 1 heterocycles. The lowest BCUT2D eigenvalue weighted by Crippen LogP contribution is -2.25. The summed E-state index contributed by atoms with van der Waals surface area (Å²) in [4.78, 5) is 4.68. The fraction of sp³-hybridized carbons (Fsp3) is 0.667. The molecule has 1 N–H and O–H groups in total. The Kier molecular flexibility index (Phi) is 6.86. The molecule has 1 aromatic rings. The molecule has 3 unspecified atom stereocenters. The zero-order valence-electron chi connectivity index (χ0n) is 14.0. The van der Waals surface area contributed by atoms with Crippen molar-refractivity contribution in [1.29, 1.82) is 5.41 Å². The van der Waals surface area contributed by atoms with Crippen LogP contribution in [-0.4, -0.2) is 16.6 Å². The molecule has 0 aliphatic carbocycles. The van der Waals surface area contributed by atoms with Crippen molar-refractivity contribution in [3.63, 3.8) is 0 Å². The van der Waals surface area contributed by atoms with Crippen molar-refractivity contribution < 1.29 is 0 Å². The van der Waals surface area contributed by atoms with Gasteiger partial charge in [-0.05, 0) is 48.9 Å². The molecule has 0 bridgehead atoms. The van der Waals surface area contributed by atoms with Crippen molar-refractivity contribution in [2.24, 2.45) is 5.92 Å². The van der Waals surface area contributed by atoms with Gasteiger partial charge in [-0.25, -0.2) is 0 Å². The first-order valence-corrected chi connectivity index (χ1v) is 8.35. The number of halogens is 1. The third-order valence-corrected chi connectivity index (χ3v) is 4.66. The Morgan fingerprint density at radius 1 is 1.38 bits per heavy atom. The van der Waals surface area contributed by atoms with Gasteiger partial charge in [-0.15, -0.1) is 11.6 Å². The van der Waals surface area contributed by atoms with Gasteiger partial charge in [-0.3, -0.25) is 4.98 Å². The summed E-state index contributed by atoms with van der Waals surface area (Å²) in [5.41, 5.74) is 2.44. The van der Waals surface area contributed by atoms with Gasteiger partial charge in [0, 0.05) is 22.7 Å². The van der Waals surface area contributed by atoms with Gasteiger partial charge >= 0.3 is 0 Å². The van der Waals surface area contributed by atoms with Crippen LogP contribution < -0.4 is 0 Å². The average molecular weight is 309 g/mol. The summed E-state index contributed by atoms with van der Waals surface area (Å²) in [6, 6.07) is 4.19. The quantitative estimate of drug-likeness (QED) is 0.496. The Labute approximate surface area is 134 Å². The lowest BCUT2D eigenvalue weighted by atomic mass is 9.77. The number of hydrogen-bond donors (Lipinski definition) is 1. The molecular weight excluding hydrogens is 280 g/mol. The summed E-state index contributed by atoms with van der Waals surface area (Å²) < 4.78 is 0. The van der Waals surface area contributed by atoms with Crippen LogP contribution in [0.2, 0.25) is 0 Å². The van der Waals surface area contributed by atoms with Crippen molar-refractivity contribution in [2.75, 3.05) is 0 Å². The first-order chi connectivity index (χ1) is 9.81. The van der Waals surface area contributed by atoms with E-state index in [1.54, 1.807) is 0 Å². The normalized spacial score (nSPS) is 16.3. The maximum Gasteiger partial charge on any atom is 0.0494 e. The second-order valence-electron chi connectivity index (χ2n) is 6.82. The maximum absolute atomic E-state index is 7.40. The number of hydrogen-bond acceptors (Lipinski definition) is 2. The summed E-state index contributed by atoms with van der Waals surface area (Å²) in [5, 5.41) is 7.59. The number of alkyl halides is 1. The summed E-state index contributed by atoms with van der Waals surface area (Å²) >= 11 is 6.38. The van der Waals surface area contributed by atoms with E-state index >= 15 is 0 Å². The predicted molar refractivity (Wildman–Crippen MR) is 92.8 cm³/mol. The molecule has 1 rings (SSSR count). The lowest BCUT2D eigenvalue weighted by Gasteiger charge is -2.30. The van der Waals surface area contributed by atoms with Crippen molar-refractivity contribution in [1.82, 2.24) is 4.98 Å². The second kappa shape index (κ2) is 7.93. The number of nitrogens with one attached hydrogen (secondary N) is 1. The molecule has 0 aromatic carbocycles. The molecule has 0 fully saturated rings. The molecule has 0 spiro atoms. The molecule has 0 saturated carbocycles. The van der Waals surface area contributed by atoms with E-state index in [-0.39, 0.29) is 10.8 Å². The van der Waals surface area contributed by atoms with E-state index in [1.807, 2.05) is 12.3 Å². The van der Waals surface area contributed by atoms with Crippen molar-refractivity contribution in [3.8, 4) is 0 Å². The van der Waals surface area contributed by atoms with Gasteiger partial charge in [0.05, 0.1) is 0 Å². The third kappa shape index (κ3) is 5.10. The molecule has 0 amide bonds. The molecule has 21 heavy (non-hydrogen) atoms. The monoisotopic (exact) mass is 308 g/mol. The predicted octanol–water partition coefficient (Wildman–Crippen LogP) is 5.55. The average Bonchev–Trinajstić information content (AvgIpc) is 2.46. The van der Waals surface area contributed by atoms with Crippen LogP contribution in [0.1, 0.15) is 71.1 Å². The molecule has 3 heteroatoms. The zero-order valence-corrected chi connectivity index (χ0v) is 14.7. The van der Waals surface area contributed by atoms with E-state index in [4.69, 9.17) is 17.0 Å². The largest absolute Gasteiger partial charge is 0.313 e. The van der Waals surface area contributed by atoms with Gasteiger partial charge in [-0.2, -0.15) is 0 Å². The van der Waals surface area contributed by atoms with E-state index in [0.717, 1.165) is 25.0 Å². The number of pyridine rings is 1. The highest BCUT2D eigenvalue weighted by Crippen LogP contribution is 2.36. The first-order valence-electron chi connectivity index (χ1n) is 7.91. The molecule has 3 atom stereocenters. The molecule has 2 nitrogen and oxygen atoms in total. The van der Waals surface area contributed by atoms with Gasteiger partial charge in [0.1, 0.15) is 0 Å². The maximum atomic E-state index is 7.40. The van der Waals surface area contributed by atoms with Gasteiger partial charge < -0.3 is 5.41 Å². The van der Waals surface area contributed by atoms with Crippen LogP contribution in [0.3, 0.4) is 0 Å². The number of nitrogens with zero attached hydrogens (tertiary/aromatic N) is 1. The molecular formula is C18H29ClN2. The standard InChI is InChI=1S/C18H29ClN2/c1-6-15(19)11-18(4,5)17-16(8-7-9-21-17)14(3)10-13(2)12-20/h7-9,12-15,20H,6,10-11H2,1-5H3. The smallest absolute Gasteiger partial charge is 0.0494 e. The Morgan fingerprint density at radius 2 is 2.05 bits per heavy atom. The molecule has 0 saturated heterocycles. The van der Waals surface area contributed by atoms with Gasteiger partial charge in [0.2, 0.25) is 0 Å². The van der Waals surface area contributed by atoms with Gasteiger partial charge in [-0.1, -0.05) is 40.7 Å². The van der Waals surface area contributed by atoms with Crippen LogP contribution in [0.25, 0.3) is 0 Å². The Morgan fingerprint density at radius 3 is 2.62 bits per heavy atom. The van der Waals surface area contributed by atoms with Crippen LogP contribution in [0.15, 0.2) is 18.3 Å². The minimum absolute atomic E-state index is 0.0266. The van der Waals surface area contributed by atoms with E-state index in [9.17, 15) is 0 Å². The van der Waals surface area contributed by atoms with Gasteiger partial charge in [0.15, 0.2) is 0 Å². The van der Waals surface area contributed by atoms with E-state index in [0.29, 0.717) is 11.8 Å². The number of aromatic nitrogens is 1. The summed E-state index contributed by atoms with van der Waals surface area (Å²) in [5.74, 6) is 0.701. The van der Waals surface area contributed by atoms with Crippen LogP contribution >= 0.6 is 11.6 Å². The van der Waals surface area contributed by atoms with Crippen molar-refractivity contribution >= 4 is 17.8 Å². The fourth-order valence-electron chi connectivity index (χ4n) is 2.93. The van der Waals surface area contributed by atoms with Crippen molar-refractivity contribution in [3.05, 3.63) is 29.6 Å². The lowest BCUT2D eigenvalue weighted by molar-refractivity contribution is 0.439. The minimum Gasteiger partial charge on any atom is -0.313 e. The minimum atomic E-state index is -0.0266. The molecule has 0 aliphatic rings. The second-order valence-corrected chi connectivity index (χ2v) is 7.43. The van der Waals surface area contributed by atoms with Crippen LogP contribution in [0.5, 0.6) is 0 Å². The highest BCUT2D eigenvalue weighted by Gasteiger charge is 2.29. The van der Waals surface area contributed by atoms with Crippen LogP contribution in [0, 0.1) is 11.3 Å². The zero-order chi connectivity index (χ0) is 16.0. The van der Waals surface area contributed by atoms with E-state index in [1.165, 1.54) is 11.8 Å². The Hall–Kier alpha value is -0.890. The Balaban J connectivity index is 3.05. The van der Waals surface area contributed by atoms with E-state index < -0.39 is 0 Å². The first kappa shape index (κ1) is 18.2. The van der Waals surface area contributed by atoms with Crippen LogP contribution in [0.4, 0.5) is 0 Å². The SMILES string of the molecule is CCC(Cl)CC(C)(C)c1ncccc1C(C)CC(C)C=N.